The number of aliphatic hydroxyl groups excluding tert-OH is 1. The Labute approximate surface area is 73.8 Å². The van der Waals surface area contributed by atoms with Gasteiger partial charge in [-0.15, -0.1) is 0 Å². The zero-order valence-corrected chi connectivity index (χ0v) is 7.66. The maximum atomic E-state index is 9.15. The average molecular weight is 170 g/mol. The van der Waals surface area contributed by atoms with E-state index >= 15 is 0 Å². The number of piperidine rings is 1. The van der Waals surface area contributed by atoms with Crippen LogP contribution in [0, 0.1) is 5.92 Å². The van der Waals surface area contributed by atoms with E-state index in [1.807, 2.05) is 0 Å². The molecular weight excluding hydrogens is 152 g/mol. The van der Waals surface area contributed by atoms with Crippen LogP contribution in [0.3, 0.4) is 0 Å². The Bertz CT molecular complexity index is 157. The number of hydrogen-bond donors (Lipinski definition) is 2. The van der Waals surface area contributed by atoms with E-state index in [4.69, 9.17) is 5.11 Å². The molecule has 0 aromatic carbocycles. The summed E-state index contributed by atoms with van der Waals surface area (Å²) in [6.45, 7) is 6.33. The molecule has 0 radical (unpaired) electrons. The molecule has 2 N–H and O–H groups in total. The topological polar surface area (TPSA) is 35.5 Å². The first-order chi connectivity index (χ1) is 5.75. The molecule has 2 atom stereocenters. The molecule has 2 aliphatic heterocycles. The summed E-state index contributed by atoms with van der Waals surface area (Å²) in [6, 6.07) is 0.678. The summed E-state index contributed by atoms with van der Waals surface area (Å²) in [7, 11) is 0. The number of likely N-dealkylation sites (tertiary alicyclic amines) is 1. The number of aliphatic hydroxyl groups is 1. The van der Waals surface area contributed by atoms with Gasteiger partial charge in [0.1, 0.15) is 0 Å². The molecular formula is C9H18N2O. The fourth-order valence-corrected chi connectivity index (χ4v) is 2.19. The summed E-state index contributed by atoms with van der Waals surface area (Å²) in [5.41, 5.74) is 0. The van der Waals surface area contributed by atoms with Gasteiger partial charge in [0.05, 0.1) is 6.10 Å². The highest BCUT2D eigenvalue weighted by Crippen LogP contribution is 2.20. The Morgan fingerprint density at radius 2 is 2.08 bits per heavy atom. The van der Waals surface area contributed by atoms with Crippen LogP contribution in [0.15, 0.2) is 0 Å². The van der Waals surface area contributed by atoms with Crippen molar-refractivity contribution in [3.63, 3.8) is 0 Å². The summed E-state index contributed by atoms with van der Waals surface area (Å²) >= 11 is 0. The van der Waals surface area contributed by atoms with E-state index in [0.29, 0.717) is 6.04 Å². The highest BCUT2D eigenvalue weighted by Gasteiger charge is 2.32. The first-order valence-corrected chi connectivity index (χ1v) is 4.88. The molecule has 2 heterocycles. The molecule has 70 valence electrons. The van der Waals surface area contributed by atoms with Crippen molar-refractivity contribution in [2.24, 2.45) is 5.92 Å². The monoisotopic (exact) mass is 170 g/mol. The quantitative estimate of drug-likeness (QED) is 0.565. The molecule has 2 fully saturated rings. The van der Waals surface area contributed by atoms with Crippen molar-refractivity contribution < 1.29 is 5.11 Å². The molecule has 12 heavy (non-hydrogen) atoms. The molecule has 0 aromatic rings. The van der Waals surface area contributed by atoms with Crippen molar-refractivity contribution in [1.29, 1.82) is 0 Å². The molecule has 0 amide bonds. The number of rotatable bonds is 1. The van der Waals surface area contributed by atoms with Crippen LogP contribution in [0.1, 0.15) is 13.3 Å². The molecule has 0 spiro atoms. The lowest BCUT2D eigenvalue weighted by Gasteiger charge is -2.44. The van der Waals surface area contributed by atoms with E-state index in [9.17, 15) is 0 Å². The fourth-order valence-electron chi connectivity index (χ4n) is 2.19. The van der Waals surface area contributed by atoms with Crippen molar-refractivity contribution in [2.45, 2.75) is 25.5 Å². The molecule has 0 saturated carbocycles. The molecule has 0 bridgehead atoms. The first-order valence-electron chi connectivity index (χ1n) is 4.88. The second kappa shape index (κ2) is 3.32. The summed E-state index contributed by atoms with van der Waals surface area (Å²) in [4.78, 5) is 2.38. The van der Waals surface area contributed by atoms with Gasteiger partial charge in [0.2, 0.25) is 0 Å². The van der Waals surface area contributed by atoms with E-state index in [1.165, 1.54) is 6.42 Å². The van der Waals surface area contributed by atoms with Crippen molar-refractivity contribution in [2.75, 3.05) is 26.2 Å². The summed E-state index contributed by atoms with van der Waals surface area (Å²) in [5.74, 6) is 0.793. The van der Waals surface area contributed by atoms with Crippen LogP contribution >= 0.6 is 0 Å². The lowest BCUT2D eigenvalue weighted by Crippen LogP contribution is -2.59. The fraction of sp³-hybridized carbons (Fsp3) is 1.00. The standard InChI is InChI=1S/C9H18N2O/c1-7-2-8(4-10-3-7)11-5-9(12)6-11/h7-10,12H,2-6H2,1H3. The van der Waals surface area contributed by atoms with Crippen LogP contribution in [-0.2, 0) is 0 Å². The van der Waals surface area contributed by atoms with E-state index in [-0.39, 0.29) is 6.10 Å². The van der Waals surface area contributed by atoms with Gasteiger partial charge >= 0.3 is 0 Å². The predicted molar refractivity (Wildman–Crippen MR) is 48.0 cm³/mol. The Hall–Kier alpha value is -0.120. The SMILES string of the molecule is CC1CNCC(N2CC(O)C2)C1. The van der Waals surface area contributed by atoms with Crippen LogP contribution in [0.25, 0.3) is 0 Å². The van der Waals surface area contributed by atoms with E-state index in [1.54, 1.807) is 0 Å². The highest BCUT2D eigenvalue weighted by molar-refractivity contribution is 4.89. The lowest BCUT2D eigenvalue weighted by atomic mass is 9.94. The third-order valence-electron chi connectivity index (χ3n) is 2.95. The van der Waals surface area contributed by atoms with E-state index in [2.05, 4.69) is 17.1 Å². The zero-order chi connectivity index (χ0) is 8.55. The highest BCUT2D eigenvalue weighted by atomic mass is 16.3. The number of nitrogens with zero attached hydrogens (tertiary/aromatic N) is 1. The van der Waals surface area contributed by atoms with Gasteiger partial charge in [-0.25, -0.2) is 0 Å². The van der Waals surface area contributed by atoms with Gasteiger partial charge in [-0.2, -0.15) is 0 Å². The third-order valence-corrected chi connectivity index (χ3v) is 2.95. The maximum Gasteiger partial charge on any atom is 0.0794 e. The second-order valence-corrected chi connectivity index (χ2v) is 4.26. The van der Waals surface area contributed by atoms with Gasteiger partial charge < -0.3 is 10.4 Å². The van der Waals surface area contributed by atoms with Crippen molar-refractivity contribution >= 4 is 0 Å². The largest absolute Gasteiger partial charge is 0.390 e. The average Bonchev–Trinajstić information content (AvgIpc) is 1.99. The smallest absolute Gasteiger partial charge is 0.0794 e. The molecule has 2 saturated heterocycles. The summed E-state index contributed by atoms with van der Waals surface area (Å²) in [6.07, 6.45) is 1.24. The van der Waals surface area contributed by atoms with Crippen molar-refractivity contribution in [3.05, 3.63) is 0 Å². The van der Waals surface area contributed by atoms with Crippen LogP contribution < -0.4 is 5.32 Å². The van der Waals surface area contributed by atoms with Crippen LogP contribution in [0.2, 0.25) is 0 Å². The summed E-state index contributed by atoms with van der Waals surface area (Å²) in [5, 5.41) is 12.6. The Morgan fingerprint density at radius 3 is 2.67 bits per heavy atom. The minimum Gasteiger partial charge on any atom is -0.390 e. The van der Waals surface area contributed by atoms with Gasteiger partial charge in [0, 0.05) is 25.7 Å². The molecule has 3 heteroatoms. The van der Waals surface area contributed by atoms with Gasteiger partial charge in [-0.1, -0.05) is 6.92 Å². The molecule has 2 rings (SSSR count). The van der Waals surface area contributed by atoms with Gasteiger partial charge in [0.25, 0.3) is 0 Å². The summed E-state index contributed by atoms with van der Waals surface area (Å²) < 4.78 is 0. The van der Waals surface area contributed by atoms with Gasteiger partial charge in [-0.05, 0) is 18.9 Å². The molecule has 0 aliphatic carbocycles. The second-order valence-electron chi connectivity index (χ2n) is 4.26. The maximum absolute atomic E-state index is 9.15. The third kappa shape index (κ3) is 1.63. The molecule has 2 aliphatic rings. The van der Waals surface area contributed by atoms with E-state index in [0.717, 1.165) is 32.1 Å². The normalized spacial score (nSPS) is 39.5. The predicted octanol–water partition coefficient (Wildman–Crippen LogP) is -0.339. The van der Waals surface area contributed by atoms with Crippen molar-refractivity contribution in [1.82, 2.24) is 10.2 Å². The number of β-amino-alcohol motifs (C(OH)–C–C–N with tert-alkyl or cyclic N) is 1. The van der Waals surface area contributed by atoms with Crippen LogP contribution in [0.4, 0.5) is 0 Å². The number of nitrogens with one attached hydrogen (secondary N) is 1. The van der Waals surface area contributed by atoms with Crippen molar-refractivity contribution in [3.8, 4) is 0 Å². The van der Waals surface area contributed by atoms with Gasteiger partial charge in [0.15, 0.2) is 0 Å². The molecule has 3 nitrogen and oxygen atoms in total. The van der Waals surface area contributed by atoms with Crippen LogP contribution in [0.5, 0.6) is 0 Å². The number of hydrogen-bond acceptors (Lipinski definition) is 3. The Kier molecular flexibility index (Phi) is 2.35. The Morgan fingerprint density at radius 1 is 1.33 bits per heavy atom. The molecule has 0 aromatic heterocycles. The zero-order valence-electron chi connectivity index (χ0n) is 7.66. The molecule has 2 unspecified atom stereocenters. The minimum absolute atomic E-state index is 0.0535. The van der Waals surface area contributed by atoms with Crippen LogP contribution in [-0.4, -0.2) is 48.3 Å². The van der Waals surface area contributed by atoms with E-state index < -0.39 is 0 Å². The minimum atomic E-state index is -0.0535. The Balaban J connectivity index is 1.80. The van der Waals surface area contributed by atoms with Gasteiger partial charge in [-0.3, -0.25) is 4.90 Å². The first kappa shape index (κ1) is 8.48. The lowest BCUT2D eigenvalue weighted by molar-refractivity contribution is -0.0338.